The van der Waals surface area contributed by atoms with Crippen LogP contribution in [-0.4, -0.2) is 16.7 Å². The molecule has 0 aliphatic heterocycles. The van der Waals surface area contributed by atoms with Crippen LogP contribution in [0.5, 0.6) is 0 Å². The highest BCUT2D eigenvalue weighted by Gasteiger charge is 2.63. The van der Waals surface area contributed by atoms with Crippen molar-refractivity contribution < 1.29 is 4.74 Å². The van der Waals surface area contributed by atoms with E-state index in [-0.39, 0.29) is 11.5 Å². The zero-order valence-corrected chi connectivity index (χ0v) is 25.8. The summed E-state index contributed by atoms with van der Waals surface area (Å²) >= 11 is 7.06. The molecule has 0 radical (unpaired) electrons. The van der Waals surface area contributed by atoms with Gasteiger partial charge < -0.3 is 4.74 Å². The number of thioether (sulfide) groups is 1. The van der Waals surface area contributed by atoms with Crippen LogP contribution in [0.4, 0.5) is 0 Å². The molecule has 2 saturated carbocycles. The van der Waals surface area contributed by atoms with Gasteiger partial charge in [-0.05, 0) is 131 Å². The standard InChI is InChI=1S/C32H52OS2/c1-21(2)11-10-12-22(3)23-15-19-32(8)25-13-14-26-29(4,5)27(33-28(34)35-9)17-18-30(26,6)24(25)16-20-31(23,32)7/h11,22-23,26-27H,10,12-20H2,1-9H3/t22-,23-,26?,27+,30-,31-,32+/m1/s1. The second kappa shape index (κ2) is 9.79. The van der Waals surface area contributed by atoms with E-state index < -0.39 is 0 Å². The van der Waals surface area contributed by atoms with E-state index >= 15 is 0 Å². The summed E-state index contributed by atoms with van der Waals surface area (Å²) in [5, 5.41) is 0. The molecule has 0 heterocycles. The summed E-state index contributed by atoms with van der Waals surface area (Å²) < 4.78 is 7.07. The van der Waals surface area contributed by atoms with Gasteiger partial charge in [0.2, 0.25) is 4.38 Å². The summed E-state index contributed by atoms with van der Waals surface area (Å²) in [6.45, 7) is 20.0. The number of hydrogen-bond acceptors (Lipinski definition) is 3. The first-order valence-corrected chi connectivity index (χ1v) is 16.1. The molecule has 0 saturated heterocycles. The van der Waals surface area contributed by atoms with Crippen molar-refractivity contribution in [1.29, 1.82) is 0 Å². The lowest BCUT2D eigenvalue weighted by molar-refractivity contribution is -0.0877. The molecule has 0 aromatic rings. The van der Waals surface area contributed by atoms with Gasteiger partial charge in [-0.3, -0.25) is 0 Å². The van der Waals surface area contributed by atoms with Crippen molar-refractivity contribution in [3.8, 4) is 0 Å². The maximum absolute atomic E-state index is 6.35. The minimum absolute atomic E-state index is 0.157. The van der Waals surface area contributed by atoms with Crippen LogP contribution in [0.2, 0.25) is 0 Å². The second-order valence-corrected chi connectivity index (χ2v) is 15.5. The zero-order chi connectivity index (χ0) is 25.8. The van der Waals surface area contributed by atoms with Crippen molar-refractivity contribution in [2.24, 2.45) is 39.4 Å². The van der Waals surface area contributed by atoms with E-state index in [4.69, 9.17) is 17.0 Å². The monoisotopic (exact) mass is 516 g/mol. The fraction of sp³-hybridized carbons (Fsp3) is 0.844. The quantitative estimate of drug-likeness (QED) is 0.266. The summed E-state index contributed by atoms with van der Waals surface area (Å²) in [6.07, 6.45) is 17.9. The molecule has 4 rings (SSSR count). The number of allylic oxidation sites excluding steroid dienone is 4. The van der Waals surface area contributed by atoms with Gasteiger partial charge in [0, 0.05) is 5.41 Å². The smallest absolute Gasteiger partial charge is 0.219 e. The lowest BCUT2D eigenvalue weighted by Gasteiger charge is -2.62. The van der Waals surface area contributed by atoms with Crippen molar-refractivity contribution in [2.45, 2.75) is 126 Å². The normalized spacial score (nSPS) is 40.9. The molecule has 0 aromatic carbocycles. The lowest BCUT2D eigenvalue weighted by atomic mass is 9.43. The first-order chi connectivity index (χ1) is 16.3. The Kier molecular flexibility index (Phi) is 7.76. The Balaban J connectivity index is 1.61. The third-order valence-corrected chi connectivity index (χ3v) is 13.0. The van der Waals surface area contributed by atoms with E-state index in [1.807, 2.05) is 17.4 Å². The topological polar surface area (TPSA) is 9.23 Å². The van der Waals surface area contributed by atoms with Crippen LogP contribution in [0, 0.1) is 39.4 Å². The molecule has 1 nitrogen and oxygen atoms in total. The molecule has 0 amide bonds. The fourth-order valence-electron chi connectivity index (χ4n) is 9.83. The number of ether oxygens (including phenoxy) is 1. The largest absolute Gasteiger partial charge is 0.475 e. The fourth-order valence-corrected chi connectivity index (χ4v) is 10.2. The molecule has 0 spiro atoms. The van der Waals surface area contributed by atoms with Crippen LogP contribution in [0.1, 0.15) is 120 Å². The molecule has 4 aliphatic rings. The summed E-state index contributed by atoms with van der Waals surface area (Å²) in [5.74, 6) is 2.37. The van der Waals surface area contributed by atoms with Crippen molar-refractivity contribution in [1.82, 2.24) is 0 Å². The first-order valence-electron chi connectivity index (χ1n) is 14.4. The van der Waals surface area contributed by atoms with Crippen LogP contribution in [-0.2, 0) is 4.74 Å². The molecule has 4 aliphatic carbocycles. The Bertz CT molecular complexity index is 895. The molecule has 2 fully saturated rings. The summed E-state index contributed by atoms with van der Waals surface area (Å²) in [4.78, 5) is 0. The number of rotatable bonds is 5. The SMILES string of the molecule is CSC(=S)O[C@H]1CC[C@]2(C)C3=C(CCC2C1(C)C)[C@]1(C)CC[C@H]([C@H](C)CCC=C(C)C)[C@@]1(C)CC3. The van der Waals surface area contributed by atoms with Crippen LogP contribution in [0.3, 0.4) is 0 Å². The van der Waals surface area contributed by atoms with Gasteiger partial charge in [-0.1, -0.05) is 76.1 Å². The maximum atomic E-state index is 6.35. The second-order valence-electron chi connectivity index (χ2n) is 14.1. The Labute approximate surface area is 226 Å². The van der Waals surface area contributed by atoms with Crippen molar-refractivity contribution in [2.75, 3.05) is 6.26 Å². The predicted molar refractivity (Wildman–Crippen MR) is 158 cm³/mol. The van der Waals surface area contributed by atoms with Gasteiger partial charge in [0.05, 0.1) is 0 Å². The molecule has 0 bridgehead atoms. The summed E-state index contributed by atoms with van der Waals surface area (Å²) in [6, 6.07) is 0. The molecule has 198 valence electrons. The Hall–Kier alpha value is -0.280. The van der Waals surface area contributed by atoms with E-state index in [9.17, 15) is 0 Å². The molecule has 0 N–H and O–H groups in total. The average molecular weight is 517 g/mol. The van der Waals surface area contributed by atoms with Gasteiger partial charge >= 0.3 is 0 Å². The van der Waals surface area contributed by atoms with Gasteiger partial charge in [0.25, 0.3) is 0 Å². The van der Waals surface area contributed by atoms with Crippen molar-refractivity contribution in [3.05, 3.63) is 22.8 Å². The Morgan fingerprint density at radius 2 is 1.74 bits per heavy atom. The van der Waals surface area contributed by atoms with Gasteiger partial charge in [-0.25, -0.2) is 0 Å². The maximum Gasteiger partial charge on any atom is 0.219 e. The highest BCUT2D eigenvalue weighted by atomic mass is 32.2. The van der Waals surface area contributed by atoms with Crippen molar-refractivity contribution >= 4 is 28.4 Å². The van der Waals surface area contributed by atoms with Crippen LogP contribution >= 0.6 is 24.0 Å². The van der Waals surface area contributed by atoms with Gasteiger partial charge in [0.15, 0.2) is 0 Å². The van der Waals surface area contributed by atoms with E-state index in [1.54, 1.807) is 11.8 Å². The molecule has 7 atom stereocenters. The van der Waals surface area contributed by atoms with E-state index in [0.717, 1.165) is 22.6 Å². The third kappa shape index (κ3) is 4.41. The molecule has 3 heteroatoms. The van der Waals surface area contributed by atoms with Crippen LogP contribution in [0.25, 0.3) is 0 Å². The van der Waals surface area contributed by atoms with Crippen LogP contribution in [0.15, 0.2) is 22.8 Å². The van der Waals surface area contributed by atoms with Crippen molar-refractivity contribution in [3.63, 3.8) is 0 Å². The van der Waals surface area contributed by atoms with Gasteiger partial charge in [0.1, 0.15) is 6.10 Å². The Morgan fingerprint density at radius 3 is 2.40 bits per heavy atom. The minimum atomic E-state index is 0.157. The molecular formula is C32H52OS2. The predicted octanol–water partition coefficient (Wildman–Crippen LogP) is 10.2. The lowest BCUT2D eigenvalue weighted by Crippen LogP contribution is -2.55. The molecule has 35 heavy (non-hydrogen) atoms. The average Bonchev–Trinajstić information content (AvgIpc) is 3.06. The molecule has 1 unspecified atom stereocenters. The third-order valence-electron chi connectivity index (χ3n) is 12.0. The van der Waals surface area contributed by atoms with Crippen LogP contribution < -0.4 is 0 Å². The Morgan fingerprint density at radius 1 is 1.03 bits per heavy atom. The van der Waals surface area contributed by atoms with Gasteiger partial charge in [-0.2, -0.15) is 0 Å². The summed E-state index contributed by atoms with van der Waals surface area (Å²) in [5.41, 5.74) is 6.58. The van der Waals surface area contributed by atoms with Gasteiger partial charge in [-0.15, -0.1) is 0 Å². The number of fused-ring (bicyclic) bond motifs is 4. The molecule has 0 aromatic heterocycles. The minimum Gasteiger partial charge on any atom is -0.475 e. The van der Waals surface area contributed by atoms with E-state index in [2.05, 4.69) is 61.5 Å². The highest BCUT2D eigenvalue weighted by molar-refractivity contribution is 8.22. The van der Waals surface area contributed by atoms with E-state index in [0.29, 0.717) is 22.2 Å². The number of thiocarbonyl (C=S) groups is 1. The highest BCUT2D eigenvalue weighted by Crippen LogP contribution is 2.72. The first kappa shape index (κ1) is 27.7. The zero-order valence-electron chi connectivity index (χ0n) is 24.2. The molecular weight excluding hydrogens is 464 g/mol. The number of hydrogen-bond donors (Lipinski definition) is 0. The summed E-state index contributed by atoms with van der Waals surface area (Å²) in [7, 11) is 0. The van der Waals surface area contributed by atoms with E-state index in [1.165, 1.54) is 63.4 Å².